The van der Waals surface area contributed by atoms with Crippen LogP contribution in [-0.4, -0.2) is 14.7 Å². The van der Waals surface area contributed by atoms with Gasteiger partial charge in [0.05, 0.1) is 16.7 Å². The quantitative estimate of drug-likeness (QED) is 0.723. The molecular weight excluding hydrogens is 287 g/mol. The lowest BCUT2D eigenvalue weighted by atomic mass is 10.2. The molecule has 0 atom stereocenters. The van der Waals surface area contributed by atoms with Gasteiger partial charge in [-0.25, -0.2) is 4.79 Å². The zero-order valence-corrected chi connectivity index (χ0v) is 11.0. The van der Waals surface area contributed by atoms with Gasteiger partial charge in [-0.05, 0) is 36.4 Å². The van der Waals surface area contributed by atoms with Crippen molar-refractivity contribution in [3.8, 4) is 11.4 Å². The second-order valence-corrected chi connectivity index (χ2v) is 4.93. The van der Waals surface area contributed by atoms with Crippen molar-refractivity contribution in [3.63, 3.8) is 0 Å². The average molecular weight is 295 g/mol. The number of benzene rings is 2. The van der Waals surface area contributed by atoms with E-state index < -0.39 is 0 Å². The summed E-state index contributed by atoms with van der Waals surface area (Å²) in [5, 5.41) is 10.8. The maximum absolute atomic E-state index is 12.0. The number of fused-ring (bicyclic) bond motifs is 1. The van der Waals surface area contributed by atoms with Gasteiger partial charge in [-0.1, -0.05) is 23.2 Å². The zero-order valence-electron chi connectivity index (χ0n) is 9.52. The van der Waals surface area contributed by atoms with Crippen LogP contribution in [0.1, 0.15) is 0 Å². The number of aromatic amines is 1. The first-order chi connectivity index (χ1) is 9.06. The number of aromatic nitrogens is 2. The number of phenols is 1. The predicted octanol–water partition coefficient (Wildman–Crippen LogP) is 3.33. The fourth-order valence-corrected chi connectivity index (χ4v) is 2.34. The second-order valence-electron chi connectivity index (χ2n) is 4.06. The summed E-state index contributed by atoms with van der Waals surface area (Å²) in [6.07, 6.45) is 0. The number of imidazole rings is 1. The van der Waals surface area contributed by atoms with Crippen molar-refractivity contribution in [2.24, 2.45) is 0 Å². The van der Waals surface area contributed by atoms with Gasteiger partial charge in [-0.3, -0.25) is 4.57 Å². The van der Waals surface area contributed by atoms with Gasteiger partial charge in [-0.2, -0.15) is 0 Å². The number of hydrogen-bond acceptors (Lipinski definition) is 2. The minimum absolute atomic E-state index is 0.0256. The zero-order chi connectivity index (χ0) is 13.6. The van der Waals surface area contributed by atoms with E-state index >= 15 is 0 Å². The Morgan fingerprint density at radius 1 is 1.05 bits per heavy atom. The molecule has 3 rings (SSSR count). The molecular formula is C13H8Cl2N2O2. The Labute approximate surface area is 117 Å². The molecule has 0 aliphatic carbocycles. The summed E-state index contributed by atoms with van der Waals surface area (Å²) in [7, 11) is 0. The van der Waals surface area contributed by atoms with Crippen molar-refractivity contribution < 1.29 is 5.11 Å². The highest BCUT2D eigenvalue weighted by Gasteiger charge is 2.12. The van der Waals surface area contributed by atoms with Crippen LogP contribution in [0.5, 0.6) is 5.75 Å². The summed E-state index contributed by atoms with van der Waals surface area (Å²) >= 11 is 11.8. The number of aromatic hydroxyl groups is 1. The first kappa shape index (κ1) is 12.1. The molecule has 0 radical (unpaired) electrons. The van der Waals surface area contributed by atoms with E-state index in [9.17, 15) is 9.90 Å². The number of H-pyrrole nitrogens is 1. The number of rotatable bonds is 1. The highest BCUT2D eigenvalue weighted by Crippen LogP contribution is 2.27. The fourth-order valence-electron chi connectivity index (χ4n) is 2.00. The monoisotopic (exact) mass is 294 g/mol. The van der Waals surface area contributed by atoms with Crippen molar-refractivity contribution in [3.05, 3.63) is 56.9 Å². The Hall–Kier alpha value is -1.91. The van der Waals surface area contributed by atoms with E-state index in [1.807, 2.05) is 0 Å². The lowest BCUT2D eigenvalue weighted by Crippen LogP contribution is -2.14. The van der Waals surface area contributed by atoms with Gasteiger partial charge < -0.3 is 10.1 Å². The summed E-state index contributed by atoms with van der Waals surface area (Å²) in [5.74, 6) is -0.0256. The molecule has 0 aliphatic heterocycles. The van der Waals surface area contributed by atoms with E-state index in [1.54, 1.807) is 24.3 Å². The molecule has 1 aromatic heterocycles. The number of nitrogens with one attached hydrogen (secondary N) is 1. The lowest BCUT2D eigenvalue weighted by molar-refractivity contribution is 0.472. The Balaban J connectivity index is 2.39. The first-order valence-electron chi connectivity index (χ1n) is 5.45. The van der Waals surface area contributed by atoms with Crippen LogP contribution in [0.25, 0.3) is 16.7 Å². The summed E-state index contributed by atoms with van der Waals surface area (Å²) in [6.45, 7) is 0. The van der Waals surface area contributed by atoms with E-state index in [0.717, 1.165) is 0 Å². The molecule has 0 unspecified atom stereocenters. The third kappa shape index (κ3) is 1.99. The molecule has 3 aromatic rings. The van der Waals surface area contributed by atoms with Gasteiger partial charge in [0.1, 0.15) is 5.75 Å². The van der Waals surface area contributed by atoms with Gasteiger partial charge in [0.15, 0.2) is 0 Å². The standard InChI is InChI=1S/C13H8Cl2N2O2/c14-7-1-3-10-9(5-7)16-13(19)17(10)11-6-8(15)2-4-12(11)18/h1-6,18H,(H,16,19). The molecule has 6 heteroatoms. The Morgan fingerprint density at radius 2 is 1.74 bits per heavy atom. The summed E-state index contributed by atoms with van der Waals surface area (Å²) in [4.78, 5) is 14.7. The minimum atomic E-state index is -0.366. The SMILES string of the molecule is O=c1[nH]c2cc(Cl)ccc2n1-c1cc(Cl)ccc1O. The van der Waals surface area contributed by atoms with Crippen LogP contribution < -0.4 is 5.69 Å². The molecule has 0 saturated heterocycles. The highest BCUT2D eigenvalue weighted by molar-refractivity contribution is 6.31. The molecule has 0 amide bonds. The maximum atomic E-state index is 12.0. The average Bonchev–Trinajstić information content (AvgIpc) is 2.67. The van der Waals surface area contributed by atoms with E-state index in [2.05, 4.69) is 4.98 Å². The Bertz CT molecular complexity index is 836. The van der Waals surface area contributed by atoms with Crippen molar-refractivity contribution in [2.75, 3.05) is 0 Å². The molecule has 0 fully saturated rings. The Morgan fingerprint density at radius 3 is 2.53 bits per heavy atom. The summed E-state index contributed by atoms with van der Waals surface area (Å²) in [6, 6.07) is 9.55. The molecule has 0 spiro atoms. The molecule has 0 bridgehead atoms. The predicted molar refractivity (Wildman–Crippen MR) is 75.6 cm³/mol. The van der Waals surface area contributed by atoms with E-state index in [4.69, 9.17) is 23.2 Å². The van der Waals surface area contributed by atoms with Crippen LogP contribution >= 0.6 is 23.2 Å². The van der Waals surface area contributed by atoms with Crippen molar-refractivity contribution in [1.82, 2.24) is 9.55 Å². The van der Waals surface area contributed by atoms with Crippen LogP contribution in [0.15, 0.2) is 41.2 Å². The second kappa shape index (κ2) is 4.33. The largest absolute Gasteiger partial charge is 0.506 e. The van der Waals surface area contributed by atoms with E-state index in [0.29, 0.717) is 26.8 Å². The summed E-state index contributed by atoms with van der Waals surface area (Å²) in [5.41, 5.74) is 1.17. The molecule has 1 heterocycles. The van der Waals surface area contributed by atoms with Gasteiger partial charge in [0.25, 0.3) is 0 Å². The molecule has 2 aromatic carbocycles. The summed E-state index contributed by atoms with van der Waals surface area (Å²) < 4.78 is 1.35. The number of halogens is 2. The van der Waals surface area contributed by atoms with Crippen molar-refractivity contribution in [1.29, 1.82) is 0 Å². The van der Waals surface area contributed by atoms with E-state index in [-0.39, 0.29) is 11.4 Å². The normalized spacial score (nSPS) is 11.1. The number of hydrogen-bond donors (Lipinski definition) is 2. The topological polar surface area (TPSA) is 58.0 Å². The smallest absolute Gasteiger partial charge is 0.331 e. The lowest BCUT2D eigenvalue weighted by Gasteiger charge is -2.06. The van der Waals surface area contributed by atoms with Gasteiger partial charge in [0.2, 0.25) is 0 Å². The fraction of sp³-hybridized carbons (Fsp3) is 0. The third-order valence-electron chi connectivity index (χ3n) is 2.82. The number of phenolic OH excluding ortho intramolecular Hbond substituents is 1. The Kier molecular flexibility index (Phi) is 2.77. The molecule has 2 N–H and O–H groups in total. The van der Waals surface area contributed by atoms with Crippen molar-refractivity contribution in [2.45, 2.75) is 0 Å². The van der Waals surface area contributed by atoms with Crippen LogP contribution in [-0.2, 0) is 0 Å². The van der Waals surface area contributed by atoms with Crippen LogP contribution in [0.4, 0.5) is 0 Å². The van der Waals surface area contributed by atoms with Gasteiger partial charge in [0, 0.05) is 10.0 Å². The number of nitrogens with zero attached hydrogens (tertiary/aromatic N) is 1. The van der Waals surface area contributed by atoms with Gasteiger partial charge in [-0.15, -0.1) is 0 Å². The van der Waals surface area contributed by atoms with Crippen LogP contribution in [0.2, 0.25) is 10.0 Å². The molecule has 4 nitrogen and oxygen atoms in total. The van der Waals surface area contributed by atoms with E-state index in [1.165, 1.54) is 16.7 Å². The molecule has 96 valence electrons. The molecule has 0 aliphatic rings. The first-order valence-corrected chi connectivity index (χ1v) is 6.21. The van der Waals surface area contributed by atoms with Gasteiger partial charge >= 0.3 is 5.69 Å². The van der Waals surface area contributed by atoms with Crippen LogP contribution in [0, 0.1) is 0 Å². The van der Waals surface area contributed by atoms with Crippen LogP contribution in [0.3, 0.4) is 0 Å². The highest BCUT2D eigenvalue weighted by atomic mass is 35.5. The maximum Gasteiger partial charge on any atom is 0.331 e. The third-order valence-corrected chi connectivity index (χ3v) is 3.29. The van der Waals surface area contributed by atoms with Crippen molar-refractivity contribution >= 4 is 34.2 Å². The minimum Gasteiger partial charge on any atom is -0.506 e. The molecule has 0 saturated carbocycles. The molecule has 19 heavy (non-hydrogen) atoms.